The SMILES string of the molecule is COC(=O)CCc1nc(-c2ccc(F)cc2)c(-c2ccnc3c2cc(-c2ccc(N4CCN(C)CC4)cc2)n3-c2ccccc2)o1. The van der Waals surface area contributed by atoms with Crippen molar-refractivity contribution in [3.8, 4) is 39.5 Å². The fourth-order valence-electron chi connectivity index (χ4n) is 6.02. The molecule has 1 aliphatic heterocycles. The van der Waals surface area contributed by atoms with Crippen molar-refractivity contribution in [1.82, 2.24) is 19.4 Å². The second-order valence-corrected chi connectivity index (χ2v) is 11.5. The Morgan fingerprint density at radius 3 is 2.33 bits per heavy atom. The smallest absolute Gasteiger partial charge is 0.306 e. The highest BCUT2D eigenvalue weighted by Crippen LogP contribution is 2.40. The van der Waals surface area contributed by atoms with E-state index in [-0.39, 0.29) is 24.6 Å². The van der Waals surface area contributed by atoms with Gasteiger partial charge in [0, 0.05) is 66.7 Å². The maximum Gasteiger partial charge on any atom is 0.306 e. The summed E-state index contributed by atoms with van der Waals surface area (Å²) in [4.78, 5) is 26.3. The van der Waals surface area contributed by atoms with Crippen molar-refractivity contribution in [2.75, 3.05) is 45.2 Å². The molecule has 0 radical (unpaired) electrons. The van der Waals surface area contributed by atoms with Gasteiger partial charge in [-0.25, -0.2) is 14.4 Å². The molecule has 8 nitrogen and oxygen atoms in total. The summed E-state index contributed by atoms with van der Waals surface area (Å²) in [6.45, 7) is 4.10. The third-order valence-electron chi connectivity index (χ3n) is 8.55. The maximum atomic E-state index is 13.9. The molecule has 3 aromatic heterocycles. The minimum atomic E-state index is -0.349. The van der Waals surface area contributed by atoms with E-state index in [1.807, 2.05) is 24.3 Å². The zero-order valence-electron chi connectivity index (χ0n) is 25.8. The van der Waals surface area contributed by atoms with E-state index in [4.69, 9.17) is 19.1 Å². The summed E-state index contributed by atoms with van der Waals surface area (Å²) in [7, 11) is 3.52. The first-order valence-corrected chi connectivity index (χ1v) is 15.4. The van der Waals surface area contributed by atoms with E-state index in [0.717, 1.165) is 59.7 Å². The molecule has 0 N–H and O–H groups in total. The van der Waals surface area contributed by atoms with Gasteiger partial charge in [0.05, 0.1) is 19.2 Å². The number of oxazole rings is 1. The summed E-state index contributed by atoms with van der Waals surface area (Å²) < 4.78 is 27.3. The van der Waals surface area contributed by atoms with E-state index >= 15 is 0 Å². The van der Waals surface area contributed by atoms with Gasteiger partial charge in [-0.3, -0.25) is 9.36 Å². The molecule has 232 valence electrons. The molecule has 0 saturated carbocycles. The molecule has 0 amide bonds. The lowest BCUT2D eigenvalue weighted by Gasteiger charge is -2.34. The Morgan fingerprint density at radius 1 is 0.891 bits per heavy atom. The Morgan fingerprint density at radius 2 is 1.61 bits per heavy atom. The summed E-state index contributed by atoms with van der Waals surface area (Å²) in [5, 5.41) is 0.878. The van der Waals surface area contributed by atoms with Crippen LogP contribution in [0.2, 0.25) is 0 Å². The van der Waals surface area contributed by atoms with Crippen LogP contribution in [0.25, 0.3) is 50.6 Å². The Bertz CT molecular complexity index is 1980. The molecule has 0 spiro atoms. The number of aryl methyl sites for hydroxylation is 1. The standard InChI is InChI=1S/C37H34FN5O3/c1-41-20-22-42(23-21-41)28-14-10-25(11-15-28)32-24-31-30(18-19-39-37(31)43(32)29-6-4-3-5-7-29)36-35(26-8-12-27(38)13-9-26)40-33(46-36)16-17-34(44)45-2/h3-15,18-19,24H,16-17,20-23H2,1-2H3. The lowest BCUT2D eigenvalue weighted by atomic mass is 10.0. The van der Waals surface area contributed by atoms with Crippen molar-refractivity contribution >= 4 is 22.7 Å². The Hall–Kier alpha value is -5.28. The second kappa shape index (κ2) is 12.6. The average Bonchev–Trinajstić information content (AvgIpc) is 3.71. The number of aromatic nitrogens is 3. The number of carbonyl (C=O) groups is 1. The topological polar surface area (TPSA) is 76.6 Å². The molecule has 7 rings (SSSR count). The van der Waals surface area contributed by atoms with Crippen LogP contribution in [-0.2, 0) is 16.0 Å². The molecule has 0 aliphatic carbocycles. The van der Waals surface area contributed by atoms with Crippen LogP contribution in [0.3, 0.4) is 0 Å². The molecular formula is C37H34FN5O3. The van der Waals surface area contributed by atoms with Crippen LogP contribution in [0.5, 0.6) is 0 Å². The molecule has 1 fully saturated rings. The molecule has 1 aliphatic rings. The summed E-state index contributed by atoms with van der Waals surface area (Å²) in [5.41, 5.74) is 7.07. The van der Waals surface area contributed by atoms with Crippen molar-refractivity contribution in [1.29, 1.82) is 0 Å². The van der Waals surface area contributed by atoms with E-state index in [9.17, 15) is 9.18 Å². The average molecular weight is 616 g/mol. The number of halogens is 1. The van der Waals surface area contributed by atoms with Gasteiger partial charge in [0.15, 0.2) is 11.7 Å². The Labute approximate surface area is 266 Å². The van der Waals surface area contributed by atoms with Gasteiger partial charge in [0.2, 0.25) is 0 Å². The molecule has 0 bridgehead atoms. The molecule has 3 aromatic carbocycles. The Kier molecular flexibility index (Phi) is 8.07. The predicted octanol–water partition coefficient (Wildman–Crippen LogP) is 7.01. The molecule has 0 unspecified atom stereocenters. The van der Waals surface area contributed by atoms with Gasteiger partial charge in [0.1, 0.15) is 17.2 Å². The number of hydrogen-bond donors (Lipinski definition) is 0. The molecule has 9 heteroatoms. The quantitative estimate of drug-likeness (QED) is 0.171. The molecular weight excluding hydrogens is 581 g/mol. The van der Waals surface area contributed by atoms with Crippen molar-refractivity contribution in [2.45, 2.75) is 12.8 Å². The highest BCUT2D eigenvalue weighted by atomic mass is 19.1. The third-order valence-corrected chi connectivity index (χ3v) is 8.55. The van der Waals surface area contributed by atoms with Gasteiger partial charge in [-0.1, -0.05) is 30.3 Å². The van der Waals surface area contributed by atoms with Gasteiger partial charge in [-0.05, 0) is 73.3 Å². The molecule has 1 saturated heterocycles. The fraction of sp³-hybridized carbons (Fsp3) is 0.216. The van der Waals surface area contributed by atoms with Gasteiger partial charge in [-0.2, -0.15) is 0 Å². The van der Waals surface area contributed by atoms with Gasteiger partial charge >= 0.3 is 5.97 Å². The van der Waals surface area contributed by atoms with Crippen LogP contribution in [0.1, 0.15) is 12.3 Å². The van der Waals surface area contributed by atoms with Gasteiger partial charge in [-0.15, -0.1) is 0 Å². The third kappa shape index (κ3) is 5.77. The highest BCUT2D eigenvalue weighted by Gasteiger charge is 2.23. The van der Waals surface area contributed by atoms with Gasteiger partial charge in [0.25, 0.3) is 0 Å². The van der Waals surface area contributed by atoms with E-state index in [2.05, 4.69) is 63.9 Å². The summed E-state index contributed by atoms with van der Waals surface area (Å²) in [6, 6.07) is 29.1. The van der Waals surface area contributed by atoms with Crippen molar-refractivity contribution < 1.29 is 18.3 Å². The number of esters is 1. The van der Waals surface area contributed by atoms with Crippen LogP contribution in [0, 0.1) is 5.82 Å². The zero-order chi connectivity index (χ0) is 31.6. The molecule has 46 heavy (non-hydrogen) atoms. The second-order valence-electron chi connectivity index (χ2n) is 11.5. The fourth-order valence-corrected chi connectivity index (χ4v) is 6.02. The lowest BCUT2D eigenvalue weighted by Crippen LogP contribution is -2.44. The van der Waals surface area contributed by atoms with Crippen LogP contribution in [-0.4, -0.2) is 65.7 Å². The van der Waals surface area contributed by atoms with Crippen LogP contribution >= 0.6 is 0 Å². The van der Waals surface area contributed by atoms with E-state index in [1.54, 1.807) is 18.3 Å². The number of ether oxygens (including phenoxy) is 1. The Balaban J connectivity index is 1.37. The minimum Gasteiger partial charge on any atom is -0.469 e. The number of nitrogens with zero attached hydrogens (tertiary/aromatic N) is 5. The summed E-state index contributed by atoms with van der Waals surface area (Å²) in [5.74, 6) is 0.236. The number of para-hydroxylation sites is 1. The first-order valence-electron chi connectivity index (χ1n) is 15.4. The van der Waals surface area contributed by atoms with E-state index in [1.165, 1.54) is 24.9 Å². The van der Waals surface area contributed by atoms with E-state index in [0.29, 0.717) is 22.9 Å². The number of fused-ring (bicyclic) bond motifs is 1. The largest absolute Gasteiger partial charge is 0.469 e. The number of hydrogen-bond acceptors (Lipinski definition) is 7. The predicted molar refractivity (Wildman–Crippen MR) is 177 cm³/mol. The van der Waals surface area contributed by atoms with Crippen LogP contribution in [0.4, 0.5) is 10.1 Å². The number of rotatable bonds is 8. The molecule has 6 aromatic rings. The summed E-state index contributed by atoms with van der Waals surface area (Å²) >= 11 is 0. The number of carbonyl (C=O) groups excluding carboxylic acids is 1. The van der Waals surface area contributed by atoms with E-state index < -0.39 is 0 Å². The minimum absolute atomic E-state index is 0.129. The van der Waals surface area contributed by atoms with Crippen LogP contribution in [0.15, 0.2) is 102 Å². The normalized spacial score (nSPS) is 13.8. The highest BCUT2D eigenvalue weighted by molar-refractivity contribution is 5.99. The molecule has 0 atom stereocenters. The summed E-state index contributed by atoms with van der Waals surface area (Å²) in [6.07, 6.45) is 2.16. The molecule has 4 heterocycles. The lowest BCUT2D eigenvalue weighted by molar-refractivity contribution is -0.140. The van der Waals surface area contributed by atoms with Crippen molar-refractivity contribution in [3.63, 3.8) is 0 Å². The first-order chi connectivity index (χ1) is 22.5. The van der Waals surface area contributed by atoms with Crippen LogP contribution < -0.4 is 4.90 Å². The number of likely N-dealkylation sites (N-methyl/N-ethyl adjacent to an activating group) is 1. The number of pyridine rings is 1. The number of anilines is 1. The first kappa shape index (κ1) is 29.4. The van der Waals surface area contributed by atoms with Crippen molar-refractivity contribution in [3.05, 3.63) is 109 Å². The maximum absolute atomic E-state index is 13.9. The monoisotopic (exact) mass is 615 g/mol. The number of benzene rings is 3. The zero-order valence-corrected chi connectivity index (χ0v) is 25.8. The number of methoxy groups -OCH3 is 1. The number of piperazine rings is 1. The van der Waals surface area contributed by atoms with Gasteiger partial charge < -0.3 is 19.0 Å². The van der Waals surface area contributed by atoms with Crippen molar-refractivity contribution in [2.24, 2.45) is 0 Å².